The van der Waals surface area contributed by atoms with Crippen molar-refractivity contribution in [2.45, 2.75) is 5.50 Å². The molecule has 0 aliphatic carbocycles. The van der Waals surface area contributed by atoms with Crippen LogP contribution in [-0.4, -0.2) is 20.2 Å². The second-order valence-electron chi connectivity index (χ2n) is 2.38. The Morgan fingerprint density at radius 1 is 1.67 bits per heavy atom. The molecule has 0 bridgehead atoms. The van der Waals surface area contributed by atoms with Crippen molar-refractivity contribution in [2.75, 3.05) is 6.26 Å². The summed E-state index contributed by atoms with van der Waals surface area (Å²) in [5.74, 6) is 0. The van der Waals surface area contributed by atoms with Crippen molar-refractivity contribution >= 4 is 21.6 Å². The molecular weight excluding hydrogens is 200 g/mol. The Balaban J connectivity index is 2.75. The molecule has 1 unspecified atom stereocenters. The van der Waals surface area contributed by atoms with Crippen LogP contribution in [0.4, 0.5) is 0 Å². The van der Waals surface area contributed by atoms with Crippen LogP contribution in [0.5, 0.6) is 0 Å². The zero-order chi connectivity index (χ0) is 9.19. The molecule has 0 aromatic heterocycles. The molecule has 0 radical (unpaired) electrons. The van der Waals surface area contributed by atoms with Crippen LogP contribution >= 0.6 is 11.6 Å². The molecule has 0 amide bonds. The normalized spacial score (nSPS) is 22.8. The summed E-state index contributed by atoms with van der Waals surface area (Å²) in [5.41, 5.74) is -0.0774. The van der Waals surface area contributed by atoms with Gasteiger partial charge in [0.2, 0.25) is 10.0 Å². The molecule has 6 heteroatoms. The lowest BCUT2D eigenvalue weighted by Gasteiger charge is -2.17. The van der Waals surface area contributed by atoms with E-state index >= 15 is 0 Å². The summed E-state index contributed by atoms with van der Waals surface area (Å²) in [6.07, 6.45) is 6.00. The Bertz CT molecular complexity index is 320. The molecule has 4 nitrogen and oxygen atoms in total. The number of allylic oxidation sites excluding steroid dienone is 2. The van der Waals surface area contributed by atoms with Gasteiger partial charge in [-0.3, -0.25) is 4.72 Å². The van der Waals surface area contributed by atoms with Crippen LogP contribution in [0.25, 0.3) is 0 Å². The highest BCUT2D eigenvalue weighted by molar-refractivity contribution is 7.88. The van der Waals surface area contributed by atoms with Gasteiger partial charge in [-0.2, -0.15) is 0 Å². The molecular formula is C6H9ClN2O2S. The number of hydrogen-bond acceptors (Lipinski definition) is 3. The van der Waals surface area contributed by atoms with Crippen molar-refractivity contribution < 1.29 is 8.42 Å². The summed E-state index contributed by atoms with van der Waals surface area (Å²) in [7, 11) is -3.23. The van der Waals surface area contributed by atoms with Crippen LogP contribution in [-0.2, 0) is 10.0 Å². The minimum absolute atomic E-state index is 0.432. The number of alkyl halides is 1. The van der Waals surface area contributed by atoms with Gasteiger partial charge in [-0.25, -0.2) is 8.42 Å². The molecule has 1 rings (SSSR count). The second-order valence-corrected chi connectivity index (χ2v) is 4.57. The van der Waals surface area contributed by atoms with Gasteiger partial charge < -0.3 is 5.32 Å². The fourth-order valence-corrected chi connectivity index (χ4v) is 1.64. The third-order valence-electron chi connectivity index (χ3n) is 1.19. The first-order valence-electron chi connectivity index (χ1n) is 3.24. The van der Waals surface area contributed by atoms with E-state index < -0.39 is 15.5 Å². The lowest BCUT2D eigenvalue weighted by Crippen LogP contribution is -2.33. The van der Waals surface area contributed by atoms with E-state index in [1.807, 2.05) is 0 Å². The van der Waals surface area contributed by atoms with Crippen LogP contribution in [0.3, 0.4) is 0 Å². The van der Waals surface area contributed by atoms with Gasteiger partial charge in [0.15, 0.2) is 0 Å². The highest BCUT2D eigenvalue weighted by atomic mass is 35.5. The van der Waals surface area contributed by atoms with Crippen LogP contribution in [0.2, 0.25) is 0 Å². The van der Waals surface area contributed by atoms with Crippen molar-refractivity contribution in [2.24, 2.45) is 0 Å². The second kappa shape index (κ2) is 3.37. The molecule has 1 atom stereocenters. The number of hydrogen-bond donors (Lipinski definition) is 2. The molecule has 0 spiro atoms. The number of dihydropyridines is 1. The fourth-order valence-electron chi connectivity index (χ4n) is 0.766. The molecule has 1 aliphatic rings. The van der Waals surface area contributed by atoms with E-state index in [-0.39, 0.29) is 0 Å². The summed E-state index contributed by atoms with van der Waals surface area (Å²) in [6, 6.07) is 0. The fraction of sp³-hybridized carbons (Fsp3) is 0.333. The first-order chi connectivity index (χ1) is 5.49. The number of nitrogens with one attached hydrogen (secondary N) is 2. The summed E-state index contributed by atoms with van der Waals surface area (Å²) < 4.78 is 23.9. The zero-order valence-corrected chi connectivity index (χ0v) is 7.98. The Kier molecular flexibility index (Phi) is 2.64. The zero-order valence-electron chi connectivity index (χ0n) is 6.41. The third kappa shape index (κ3) is 2.75. The maximum absolute atomic E-state index is 10.8. The summed E-state index contributed by atoms with van der Waals surface area (Å²) in [5, 5.41) is 2.74. The van der Waals surface area contributed by atoms with Crippen molar-refractivity contribution in [1.29, 1.82) is 0 Å². The van der Waals surface area contributed by atoms with Crippen molar-refractivity contribution in [3.63, 3.8) is 0 Å². The molecule has 68 valence electrons. The number of halogens is 1. The maximum atomic E-state index is 10.8. The SMILES string of the molecule is CS(=O)(=O)NC1=CC=CNC1Cl. The topological polar surface area (TPSA) is 58.2 Å². The van der Waals surface area contributed by atoms with E-state index in [2.05, 4.69) is 10.0 Å². The number of rotatable bonds is 2. The Labute approximate surface area is 76.3 Å². The van der Waals surface area contributed by atoms with E-state index in [1.165, 1.54) is 0 Å². The predicted octanol–water partition coefficient (Wildman–Crippen LogP) is 0.101. The minimum Gasteiger partial charge on any atom is -0.370 e. The lowest BCUT2D eigenvalue weighted by molar-refractivity contribution is 0.592. The molecule has 0 aromatic rings. The van der Waals surface area contributed by atoms with E-state index in [0.29, 0.717) is 5.70 Å². The quantitative estimate of drug-likeness (QED) is 0.500. The maximum Gasteiger partial charge on any atom is 0.229 e. The average Bonchev–Trinajstić information content (AvgIpc) is 1.91. The van der Waals surface area contributed by atoms with E-state index in [0.717, 1.165) is 6.26 Å². The number of sulfonamides is 1. The van der Waals surface area contributed by atoms with Gasteiger partial charge in [0.05, 0.1) is 12.0 Å². The van der Waals surface area contributed by atoms with Gasteiger partial charge in [0.25, 0.3) is 0 Å². The molecule has 0 aromatic carbocycles. The first kappa shape index (κ1) is 9.41. The van der Waals surface area contributed by atoms with E-state index in [9.17, 15) is 8.42 Å². The van der Waals surface area contributed by atoms with Crippen LogP contribution in [0.15, 0.2) is 24.0 Å². The first-order valence-corrected chi connectivity index (χ1v) is 5.56. The molecule has 0 saturated carbocycles. The molecule has 0 saturated heterocycles. The van der Waals surface area contributed by atoms with Gasteiger partial charge in [0.1, 0.15) is 5.50 Å². The van der Waals surface area contributed by atoms with Crippen molar-refractivity contribution in [1.82, 2.24) is 10.0 Å². The monoisotopic (exact) mass is 208 g/mol. The third-order valence-corrected chi connectivity index (χ3v) is 2.16. The predicted molar refractivity (Wildman–Crippen MR) is 48.0 cm³/mol. The largest absolute Gasteiger partial charge is 0.370 e. The lowest BCUT2D eigenvalue weighted by atomic mass is 10.3. The van der Waals surface area contributed by atoms with Gasteiger partial charge in [0, 0.05) is 0 Å². The Hall–Kier alpha value is -0.680. The van der Waals surface area contributed by atoms with Gasteiger partial charge in [-0.1, -0.05) is 11.6 Å². The van der Waals surface area contributed by atoms with Crippen LogP contribution in [0, 0.1) is 0 Å². The average molecular weight is 209 g/mol. The highest BCUT2D eigenvalue weighted by Gasteiger charge is 2.14. The standard InChI is InChI=1S/C6H9ClN2O2S/c1-12(10,11)9-5-3-2-4-8-6(5)7/h2-4,6,8-9H,1H3. The van der Waals surface area contributed by atoms with Crippen molar-refractivity contribution in [3.8, 4) is 0 Å². The van der Waals surface area contributed by atoms with Gasteiger partial charge in [-0.15, -0.1) is 0 Å². The Morgan fingerprint density at radius 3 is 2.83 bits per heavy atom. The van der Waals surface area contributed by atoms with Gasteiger partial charge >= 0.3 is 0 Å². The van der Waals surface area contributed by atoms with Gasteiger partial charge in [-0.05, 0) is 18.4 Å². The van der Waals surface area contributed by atoms with Crippen LogP contribution in [0.1, 0.15) is 0 Å². The smallest absolute Gasteiger partial charge is 0.229 e. The van der Waals surface area contributed by atoms with Crippen molar-refractivity contribution in [3.05, 3.63) is 24.0 Å². The molecule has 1 aliphatic heterocycles. The summed E-state index contributed by atoms with van der Waals surface area (Å²) in [4.78, 5) is 0. The Morgan fingerprint density at radius 2 is 2.33 bits per heavy atom. The summed E-state index contributed by atoms with van der Waals surface area (Å²) >= 11 is 5.73. The molecule has 1 heterocycles. The molecule has 2 N–H and O–H groups in total. The van der Waals surface area contributed by atoms with E-state index in [4.69, 9.17) is 11.6 Å². The minimum atomic E-state index is -3.23. The molecule has 0 fully saturated rings. The van der Waals surface area contributed by atoms with Crippen LogP contribution < -0.4 is 10.0 Å². The molecule has 12 heavy (non-hydrogen) atoms. The van der Waals surface area contributed by atoms with E-state index in [1.54, 1.807) is 18.4 Å². The highest BCUT2D eigenvalue weighted by Crippen LogP contribution is 2.08. The summed E-state index contributed by atoms with van der Waals surface area (Å²) in [6.45, 7) is 0.